The Morgan fingerprint density at radius 1 is 1.23 bits per heavy atom. The number of pyridine rings is 1. The summed E-state index contributed by atoms with van der Waals surface area (Å²) in [5.41, 5.74) is -1.24. The van der Waals surface area contributed by atoms with Crippen molar-refractivity contribution in [1.29, 1.82) is 0 Å². The number of nitro groups is 1. The number of nitrogens with one attached hydrogen (secondary N) is 1. The van der Waals surface area contributed by atoms with Crippen molar-refractivity contribution in [2.45, 2.75) is 6.54 Å². The number of amides is 1. The van der Waals surface area contributed by atoms with Crippen molar-refractivity contribution in [3.63, 3.8) is 0 Å². The minimum atomic E-state index is -1.00. The molecule has 0 unspecified atom stereocenters. The average molecular weight is 355 g/mol. The third-order valence-corrected chi connectivity index (χ3v) is 3.82. The van der Waals surface area contributed by atoms with Gasteiger partial charge < -0.3 is 15.6 Å². The summed E-state index contributed by atoms with van der Waals surface area (Å²) in [6, 6.07) is 10.9. The molecular formula is C17H13N3O6. The molecule has 0 aliphatic heterocycles. The lowest BCUT2D eigenvalue weighted by Gasteiger charge is -2.10. The van der Waals surface area contributed by atoms with Crippen LogP contribution in [0.2, 0.25) is 0 Å². The molecule has 0 bridgehead atoms. The van der Waals surface area contributed by atoms with Crippen LogP contribution in [0.15, 0.2) is 53.5 Å². The number of rotatable bonds is 4. The number of phenols is 1. The Kier molecular flexibility index (Phi) is 4.27. The van der Waals surface area contributed by atoms with Crippen LogP contribution in [0.25, 0.3) is 10.8 Å². The fraction of sp³-hybridized carbons (Fsp3) is 0.0588. The van der Waals surface area contributed by atoms with Gasteiger partial charge in [-0.05, 0) is 11.6 Å². The van der Waals surface area contributed by atoms with Crippen molar-refractivity contribution in [2.24, 2.45) is 0 Å². The molecule has 132 valence electrons. The van der Waals surface area contributed by atoms with E-state index in [-0.39, 0.29) is 22.0 Å². The van der Waals surface area contributed by atoms with Crippen molar-refractivity contribution in [3.05, 3.63) is 80.3 Å². The standard InChI is InChI=1S/C17H13N3O6/c21-14-7-12-11(6-13(14)20(25)26)9-19(24)17(23)15(12)16(22)18-8-10-4-2-1-3-5-10/h1-7,9,21,24H,8H2,(H,18,22). The molecule has 1 aromatic heterocycles. The Morgan fingerprint density at radius 2 is 1.92 bits per heavy atom. The lowest BCUT2D eigenvalue weighted by atomic mass is 10.1. The molecule has 2 aromatic carbocycles. The first kappa shape index (κ1) is 17.0. The van der Waals surface area contributed by atoms with E-state index >= 15 is 0 Å². The van der Waals surface area contributed by atoms with E-state index in [2.05, 4.69) is 5.32 Å². The molecule has 26 heavy (non-hydrogen) atoms. The third kappa shape index (κ3) is 3.05. The summed E-state index contributed by atoms with van der Waals surface area (Å²) in [5.74, 6) is -1.46. The molecule has 0 radical (unpaired) electrons. The second-order valence-electron chi connectivity index (χ2n) is 5.51. The quantitative estimate of drug-likeness (QED) is 0.371. The summed E-state index contributed by atoms with van der Waals surface area (Å²) in [6.07, 6.45) is 0.943. The van der Waals surface area contributed by atoms with Crippen molar-refractivity contribution in [2.75, 3.05) is 0 Å². The van der Waals surface area contributed by atoms with Crippen LogP contribution < -0.4 is 10.9 Å². The highest BCUT2D eigenvalue weighted by Gasteiger charge is 2.22. The highest BCUT2D eigenvalue weighted by atomic mass is 16.6. The number of aromatic nitrogens is 1. The van der Waals surface area contributed by atoms with Crippen LogP contribution in [0, 0.1) is 10.1 Å². The van der Waals surface area contributed by atoms with Gasteiger partial charge in [-0.2, -0.15) is 4.73 Å². The first-order valence-corrected chi connectivity index (χ1v) is 7.46. The summed E-state index contributed by atoms with van der Waals surface area (Å²) >= 11 is 0. The number of benzene rings is 2. The van der Waals surface area contributed by atoms with Crippen LogP contribution in [0.5, 0.6) is 5.75 Å². The highest BCUT2D eigenvalue weighted by Crippen LogP contribution is 2.31. The van der Waals surface area contributed by atoms with Crippen LogP contribution in [-0.2, 0) is 6.54 Å². The van der Waals surface area contributed by atoms with Crippen LogP contribution in [-0.4, -0.2) is 25.9 Å². The Hall–Kier alpha value is -3.88. The molecule has 0 spiro atoms. The van der Waals surface area contributed by atoms with E-state index in [1.54, 1.807) is 24.3 Å². The fourth-order valence-electron chi connectivity index (χ4n) is 2.57. The molecule has 9 nitrogen and oxygen atoms in total. The number of carbonyl (C=O) groups excluding carboxylic acids is 1. The minimum absolute atomic E-state index is 0.00559. The third-order valence-electron chi connectivity index (χ3n) is 3.82. The number of hydrogen-bond acceptors (Lipinski definition) is 6. The van der Waals surface area contributed by atoms with Crippen molar-refractivity contribution >= 4 is 22.4 Å². The summed E-state index contributed by atoms with van der Waals surface area (Å²) in [5, 5.41) is 33.1. The topological polar surface area (TPSA) is 135 Å². The Labute approximate surface area is 145 Å². The Bertz CT molecular complexity index is 1080. The van der Waals surface area contributed by atoms with E-state index in [9.17, 15) is 30.0 Å². The van der Waals surface area contributed by atoms with E-state index in [4.69, 9.17) is 0 Å². The number of nitrogens with zero attached hydrogens (tertiary/aromatic N) is 2. The molecule has 0 saturated carbocycles. The smallest absolute Gasteiger partial charge is 0.311 e. The van der Waals surface area contributed by atoms with E-state index in [0.717, 1.165) is 23.9 Å². The maximum Gasteiger partial charge on any atom is 0.311 e. The second kappa shape index (κ2) is 6.55. The van der Waals surface area contributed by atoms with Gasteiger partial charge in [-0.3, -0.25) is 19.7 Å². The van der Waals surface area contributed by atoms with E-state index in [1.807, 2.05) is 6.07 Å². The molecule has 0 saturated heterocycles. The van der Waals surface area contributed by atoms with Crippen molar-refractivity contribution < 1.29 is 20.0 Å². The SMILES string of the molecule is O=C(NCc1ccccc1)c1c(=O)n(O)cc2cc([N+](=O)[O-])c(O)cc12. The van der Waals surface area contributed by atoms with Gasteiger partial charge in [-0.15, -0.1) is 0 Å². The van der Waals surface area contributed by atoms with Gasteiger partial charge in [-0.1, -0.05) is 30.3 Å². The number of hydrogen-bond donors (Lipinski definition) is 3. The Morgan fingerprint density at radius 3 is 2.58 bits per heavy atom. The molecule has 3 aromatic rings. The zero-order valence-electron chi connectivity index (χ0n) is 13.2. The largest absolute Gasteiger partial charge is 0.502 e. The summed E-state index contributed by atoms with van der Waals surface area (Å²) < 4.78 is 0.181. The van der Waals surface area contributed by atoms with E-state index in [1.165, 1.54) is 0 Å². The van der Waals surface area contributed by atoms with Gasteiger partial charge in [0.2, 0.25) is 0 Å². The number of fused-ring (bicyclic) bond motifs is 1. The predicted molar refractivity (Wildman–Crippen MR) is 91.3 cm³/mol. The average Bonchev–Trinajstić information content (AvgIpc) is 2.61. The van der Waals surface area contributed by atoms with Gasteiger partial charge in [0.15, 0.2) is 5.75 Å². The highest BCUT2D eigenvalue weighted by molar-refractivity contribution is 6.07. The monoisotopic (exact) mass is 355 g/mol. The van der Waals surface area contributed by atoms with Crippen LogP contribution in [0.1, 0.15) is 15.9 Å². The van der Waals surface area contributed by atoms with E-state index < -0.39 is 33.4 Å². The predicted octanol–water partition coefficient (Wildman–Crippen LogP) is 1.78. The Balaban J connectivity index is 2.07. The van der Waals surface area contributed by atoms with Gasteiger partial charge >= 0.3 is 5.69 Å². The minimum Gasteiger partial charge on any atom is -0.502 e. The number of carbonyl (C=O) groups is 1. The molecule has 0 aliphatic carbocycles. The zero-order chi connectivity index (χ0) is 18.8. The van der Waals surface area contributed by atoms with Crippen LogP contribution >= 0.6 is 0 Å². The van der Waals surface area contributed by atoms with Crippen LogP contribution in [0.3, 0.4) is 0 Å². The van der Waals surface area contributed by atoms with Gasteiger partial charge in [0, 0.05) is 23.4 Å². The molecule has 3 rings (SSSR count). The molecule has 3 N–H and O–H groups in total. The summed E-state index contributed by atoms with van der Waals surface area (Å²) in [4.78, 5) is 34.8. The molecular weight excluding hydrogens is 342 g/mol. The molecule has 0 atom stereocenters. The maximum atomic E-state index is 12.5. The van der Waals surface area contributed by atoms with Gasteiger partial charge in [-0.25, -0.2) is 0 Å². The van der Waals surface area contributed by atoms with Crippen molar-refractivity contribution in [3.8, 4) is 5.75 Å². The number of nitro benzene ring substituents is 1. The summed E-state index contributed by atoms with van der Waals surface area (Å²) in [6.45, 7) is 0.139. The molecule has 0 fully saturated rings. The van der Waals surface area contributed by atoms with Gasteiger partial charge in [0.05, 0.1) is 11.1 Å². The molecule has 1 heterocycles. The number of phenolic OH excluding ortho intramolecular Hbond substituents is 1. The van der Waals surface area contributed by atoms with E-state index in [0.29, 0.717) is 0 Å². The summed E-state index contributed by atoms with van der Waals surface area (Å²) in [7, 11) is 0. The second-order valence-corrected chi connectivity index (χ2v) is 5.51. The lowest BCUT2D eigenvalue weighted by Crippen LogP contribution is -2.32. The first-order chi connectivity index (χ1) is 12.4. The maximum absolute atomic E-state index is 12.5. The molecule has 0 aliphatic rings. The first-order valence-electron chi connectivity index (χ1n) is 7.46. The van der Waals surface area contributed by atoms with Crippen molar-refractivity contribution in [1.82, 2.24) is 10.0 Å². The lowest BCUT2D eigenvalue weighted by molar-refractivity contribution is -0.385. The molecule has 1 amide bonds. The van der Waals surface area contributed by atoms with Gasteiger partial charge in [0.1, 0.15) is 5.56 Å². The fourth-order valence-corrected chi connectivity index (χ4v) is 2.57. The normalized spacial score (nSPS) is 10.6. The molecule has 9 heteroatoms. The zero-order valence-corrected chi connectivity index (χ0v) is 13.2. The van der Waals surface area contributed by atoms with Gasteiger partial charge in [0.25, 0.3) is 11.5 Å². The number of aromatic hydroxyl groups is 1. The van der Waals surface area contributed by atoms with Crippen LogP contribution in [0.4, 0.5) is 5.69 Å².